The van der Waals surface area contributed by atoms with Crippen LogP contribution in [0.25, 0.3) is 0 Å². The van der Waals surface area contributed by atoms with Crippen LogP contribution in [0.5, 0.6) is 0 Å². The first-order valence-electron chi connectivity index (χ1n) is 4.39. The van der Waals surface area contributed by atoms with Gasteiger partial charge in [0, 0.05) is 6.54 Å². The van der Waals surface area contributed by atoms with Crippen molar-refractivity contribution >= 4 is 11.9 Å². The Balaban J connectivity index is 2.64. The summed E-state index contributed by atoms with van der Waals surface area (Å²) in [6.45, 7) is -0.121. The highest BCUT2D eigenvalue weighted by atomic mass is 19.3. The van der Waals surface area contributed by atoms with Crippen molar-refractivity contribution in [1.29, 1.82) is 0 Å². The second-order valence-corrected chi connectivity index (χ2v) is 3.02. The molecule has 1 aromatic carbocycles. The lowest BCUT2D eigenvalue weighted by Crippen LogP contribution is -2.28. The monoisotopic (exact) mass is 229 g/mol. The molecular weight excluding hydrogens is 220 g/mol. The maximum atomic E-state index is 11.8. The van der Waals surface area contributed by atoms with E-state index in [1.807, 2.05) is 5.32 Å². The Kier molecular flexibility index (Phi) is 3.93. The molecule has 1 rings (SSSR count). The Hall–Kier alpha value is -1.98. The second-order valence-electron chi connectivity index (χ2n) is 3.02. The van der Waals surface area contributed by atoms with Crippen LogP contribution in [-0.4, -0.2) is 23.4 Å². The van der Waals surface area contributed by atoms with Gasteiger partial charge in [-0.2, -0.15) is 8.78 Å². The molecule has 0 fully saturated rings. The van der Waals surface area contributed by atoms with Gasteiger partial charge in [-0.15, -0.1) is 0 Å². The van der Waals surface area contributed by atoms with Crippen molar-refractivity contribution in [2.45, 2.75) is 13.0 Å². The second kappa shape index (κ2) is 5.20. The van der Waals surface area contributed by atoms with Crippen molar-refractivity contribution in [2.75, 3.05) is 0 Å². The number of aromatic carboxylic acids is 1. The number of hydrogen-bond donors (Lipinski definition) is 2. The minimum absolute atomic E-state index is 0.0452. The number of amides is 1. The van der Waals surface area contributed by atoms with Crippen molar-refractivity contribution in [3.63, 3.8) is 0 Å². The average molecular weight is 229 g/mol. The first kappa shape index (κ1) is 12.1. The van der Waals surface area contributed by atoms with Crippen LogP contribution in [0.4, 0.5) is 8.78 Å². The lowest BCUT2D eigenvalue weighted by atomic mass is 10.1. The van der Waals surface area contributed by atoms with Crippen LogP contribution in [0.3, 0.4) is 0 Å². The van der Waals surface area contributed by atoms with Crippen LogP contribution in [0, 0.1) is 0 Å². The molecule has 0 aliphatic heterocycles. The molecule has 0 heterocycles. The Morgan fingerprint density at radius 2 is 2.06 bits per heavy atom. The molecule has 0 spiro atoms. The van der Waals surface area contributed by atoms with Crippen molar-refractivity contribution in [3.05, 3.63) is 35.4 Å². The number of alkyl halides is 2. The zero-order chi connectivity index (χ0) is 12.1. The highest BCUT2D eigenvalue weighted by molar-refractivity contribution is 5.87. The summed E-state index contributed by atoms with van der Waals surface area (Å²) in [5.74, 6) is -2.48. The van der Waals surface area contributed by atoms with Crippen LogP contribution in [0.15, 0.2) is 24.3 Å². The van der Waals surface area contributed by atoms with E-state index in [4.69, 9.17) is 5.11 Å². The molecule has 0 aliphatic rings. The molecule has 2 N–H and O–H groups in total. The molecule has 1 amide bonds. The van der Waals surface area contributed by atoms with Gasteiger partial charge in [0.25, 0.3) is 5.91 Å². The predicted octanol–water partition coefficient (Wildman–Crippen LogP) is 1.27. The summed E-state index contributed by atoms with van der Waals surface area (Å²) in [6, 6.07) is 5.71. The fourth-order valence-electron chi connectivity index (χ4n) is 1.08. The van der Waals surface area contributed by atoms with E-state index >= 15 is 0 Å². The van der Waals surface area contributed by atoms with E-state index in [0.29, 0.717) is 5.56 Å². The first-order chi connectivity index (χ1) is 7.50. The van der Waals surface area contributed by atoms with Gasteiger partial charge in [-0.25, -0.2) is 4.79 Å². The van der Waals surface area contributed by atoms with E-state index in [0.717, 1.165) is 0 Å². The minimum Gasteiger partial charge on any atom is -0.478 e. The van der Waals surface area contributed by atoms with Gasteiger partial charge in [-0.1, -0.05) is 12.1 Å². The van der Waals surface area contributed by atoms with Crippen LogP contribution in [0.1, 0.15) is 15.9 Å². The van der Waals surface area contributed by atoms with E-state index < -0.39 is 18.3 Å². The number of nitrogens with one attached hydrogen (secondary N) is 1. The van der Waals surface area contributed by atoms with Crippen LogP contribution >= 0.6 is 0 Å². The Morgan fingerprint density at radius 3 is 2.62 bits per heavy atom. The lowest BCUT2D eigenvalue weighted by Gasteiger charge is -2.05. The molecule has 0 bridgehead atoms. The number of benzene rings is 1. The largest absolute Gasteiger partial charge is 0.478 e. The minimum atomic E-state index is -3.07. The van der Waals surface area contributed by atoms with Crippen molar-refractivity contribution in [1.82, 2.24) is 5.32 Å². The third kappa shape index (κ3) is 3.30. The average Bonchev–Trinajstić information content (AvgIpc) is 2.26. The normalized spacial score (nSPS) is 10.2. The number of carboxylic acid groups (broad SMARTS) is 1. The maximum Gasteiger partial charge on any atom is 0.335 e. The molecule has 0 saturated carbocycles. The maximum absolute atomic E-state index is 11.8. The number of rotatable bonds is 4. The SMILES string of the molecule is O=C(O)c1cccc(CNC(=O)C(F)F)c1. The molecule has 0 aliphatic carbocycles. The number of carbonyl (C=O) groups excluding carboxylic acids is 1. The number of carboxylic acids is 1. The van der Waals surface area contributed by atoms with E-state index in [2.05, 4.69) is 0 Å². The van der Waals surface area contributed by atoms with Crippen LogP contribution in [-0.2, 0) is 11.3 Å². The fraction of sp³-hybridized carbons (Fsp3) is 0.200. The first-order valence-corrected chi connectivity index (χ1v) is 4.39. The van der Waals surface area contributed by atoms with Gasteiger partial charge in [0.1, 0.15) is 0 Å². The number of halogens is 2. The summed E-state index contributed by atoms with van der Waals surface area (Å²) >= 11 is 0. The predicted molar refractivity (Wildman–Crippen MR) is 51.3 cm³/mol. The van der Waals surface area contributed by atoms with E-state index in [9.17, 15) is 18.4 Å². The molecule has 0 atom stereocenters. The molecule has 0 unspecified atom stereocenters. The van der Waals surface area contributed by atoms with Crippen LogP contribution in [0.2, 0.25) is 0 Å². The number of hydrogen-bond acceptors (Lipinski definition) is 2. The molecule has 0 aromatic heterocycles. The topological polar surface area (TPSA) is 66.4 Å². The molecule has 16 heavy (non-hydrogen) atoms. The summed E-state index contributed by atoms with van der Waals surface area (Å²) in [6.07, 6.45) is -3.07. The molecule has 6 heteroatoms. The highest BCUT2D eigenvalue weighted by Crippen LogP contribution is 2.05. The van der Waals surface area contributed by atoms with Crippen molar-refractivity contribution in [3.8, 4) is 0 Å². The van der Waals surface area contributed by atoms with Gasteiger partial charge in [-0.05, 0) is 17.7 Å². The Morgan fingerprint density at radius 1 is 1.38 bits per heavy atom. The van der Waals surface area contributed by atoms with Crippen LogP contribution < -0.4 is 5.32 Å². The van der Waals surface area contributed by atoms with Gasteiger partial charge in [-0.3, -0.25) is 4.79 Å². The zero-order valence-corrected chi connectivity index (χ0v) is 8.11. The Labute approximate surface area is 89.9 Å². The number of carbonyl (C=O) groups is 2. The molecule has 86 valence electrons. The molecule has 0 saturated heterocycles. The van der Waals surface area contributed by atoms with Gasteiger partial charge >= 0.3 is 12.4 Å². The zero-order valence-electron chi connectivity index (χ0n) is 8.11. The molecule has 1 aromatic rings. The smallest absolute Gasteiger partial charge is 0.335 e. The summed E-state index contributed by atoms with van der Waals surface area (Å²) in [4.78, 5) is 21.1. The summed E-state index contributed by atoms with van der Waals surface area (Å²) < 4.78 is 23.7. The van der Waals surface area contributed by atoms with Gasteiger partial charge < -0.3 is 10.4 Å². The molecule has 4 nitrogen and oxygen atoms in total. The summed E-state index contributed by atoms with van der Waals surface area (Å²) in [7, 11) is 0. The summed E-state index contributed by atoms with van der Waals surface area (Å²) in [5, 5.41) is 10.7. The third-order valence-electron chi connectivity index (χ3n) is 1.84. The fourth-order valence-corrected chi connectivity index (χ4v) is 1.08. The standard InChI is InChI=1S/C10H9F2NO3/c11-8(12)9(14)13-5-6-2-1-3-7(4-6)10(15)16/h1-4,8H,5H2,(H,13,14)(H,15,16). The van der Waals surface area contributed by atoms with E-state index in [-0.39, 0.29) is 12.1 Å². The summed E-state index contributed by atoms with van der Waals surface area (Å²) in [5.41, 5.74) is 0.498. The quantitative estimate of drug-likeness (QED) is 0.816. The lowest BCUT2D eigenvalue weighted by molar-refractivity contribution is -0.131. The third-order valence-corrected chi connectivity index (χ3v) is 1.84. The van der Waals surface area contributed by atoms with Crippen molar-refractivity contribution in [2.24, 2.45) is 0 Å². The van der Waals surface area contributed by atoms with Gasteiger partial charge in [0.05, 0.1) is 5.56 Å². The van der Waals surface area contributed by atoms with E-state index in [1.54, 1.807) is 0 Å². The van der Waals surface area contributed by atoms with Gasteiger partial charge in [0.15, 0.2) is 0 Å². The Bertz CT molecular complexity index is 407. The van der Waals surface area contributed by atoms with E-state index in [1.165, 1.54) is 24.3 Å². The highest BCUT2D eigenvalue weighted by Gasteiger charge is 2.14. The van der Waals surface area contributed by atoms with Gasteiger partial charge in [0.2, 0.25) is 0 Å². The van der Waals surface area contributed by atoms with Crippen molar-refractivity contribution < 1.29 is 23.5 Å². The molecular formula is C10H9F2NO3. The molecule has 0 radical (unpaired) electrons.